The van der Waals surface area contributed by atoms with E-state index in [1.54, 1.807) is 24.4 Å². The van der Waals surface area contributed by atoms with Crippen LogP contribution in [0.5, 0.6) is 0 Å². The van der Waals surface area contributed by atoms with Crippen molar-refractivity contribution in [2.24, 2.45) is 5.92 Å². The van der Waals surface area contributed by atoms with E-state index in [0.717, 1.165) is 17.6 Å². The highest BCUT2D eigenvalue weighted by Gasteiger charge is 2.28. The molecule has 0 fully saturated rings. The van der Waals surface area contributed by atoms with Gasteiger partial charge in [0, 0.05) is 27.8 Å². The SMILES string of the molecule is CCC(C)CS(=O)(=O)c1c(-c2ncc(C)[nH]2)[nH]c2ccc(Cl)cc12. The van der Waals surface area contributed by atoms with Gasteiger partial charge < -0.3 is 9.97 Å². The number of hydrogen-bond acceptors (Lipinski definition) is 3. The highest BCUT2D eigenvalue weighted by Crippen LogP contribution is 2.35. The van der Waals surface area contributed by atoms with E-state index in [1.807, 2.05) is 20.8 Å². The Morgan fingerprint density at radius 2 is 2.04 bits per heavy atom. The minimum atomic E-state index is -3.49. The molecule has 1 aromatic carbocycles. The number of nitrogens with zero attached hydrogens (tertiary/aromatic N) is 1. The van der Waals surface area contributed by atoms with Crippen LogP contribution in [0.15, 0.2) is 29.3 Å². The van der Waals surface area contributed by atoms with E-state index in [1.165, 1.54) is 0 Å². The van der Waals surface area contributed by atoms with Crippen molar-refractivity contribution in [1.29, 1.82) is 0 Å². The van der Waals surface area contributed by atoms with Gasteiger partial charge in [0.2, 0.25) is 0 Å². The van der Waals surface area contributed by atoms with Gasteiger partial charge in [-0.3, -0.25) is 0 Å². The van der Waals surface area contributed by atoms with Gasteiger partial charge in [-0.25, -0.2) is 13.4 Å². The summed E-state index contributed by atoms with van der Waals surface area (Å²) in [6, 6.07) is 5.22. The van der Waals surface area contributed by atoms with Crippen LogP contribution in [0.2, 0.25) is 5.02 Å². The molecule has 2 aromatic heterocycles. The molecule has 5 nitrogen and oxygen atoms in total. The minimum Gasteiger partial charge on any atom is -0.351 e. The average Bonchev–Trinajstić information content (AvgIpc) is 3.09. The number of rotatable bonds is 5. The maximum absolute atomic E-state index is 13.1. The van der Waals surface area contributed by atoms with Crippen LogP contribution < -0.4 is 0 Å². The quantitative estimate of drug-likeness (QED) is 0.705. The molecule has 0 aliphatic rings. The largest absolute Gasteiger partial charge is 0.351 e. The van der Waals surface area contributed by atoms with E-state index in [9.17, 15) is 8.42 Å². The lowest BCUT2D eigenvalue weighted by Gasteiger charge is -2.10. The summed E-state index contributed by atoms with van der Waals surface area (Å²) in [5.74, 6) is 0.684. The molecule has 1 atom stereocenters. The zero-order valence-electron chi connectivity index (χ0n) is 13.9. The van der Waals surface area contributed by atoms with Gasteiger partial charge in [-0.1, -0.05) is 31.9 Å². The molecule has 7 heteroatoms. The number of fused-ring (bicyclic) bond motifs is 1. The second-order valence-corrected chi connectivity index (χ2v) is 8.64. The second kappa shape index (κ2) is 6.26. The highest BCUT2D eigenvalue weighted by atomic mass is 35.5. The zero-order chi connectivity index (χ0) is 17.5. The summed E-state index contributed by atoms with van der Waals surface area (Å²) in [4.78, 5) is 10.9. The Morgan fingerprint density at radius 3 is 2.67 bits per heavy atom. The normalized spacial score (nSPS) is 13.5. The lowest BCUT2D eigenvalue weighted by Crippen LogP contribution is -2.14. The monoisotopic (exact) mass is 365 g/mol. The minimum absolute atomic E-state index is 0.0744. The van der Waals surface area contributed by atoms with Crippen molar-refractivity contribution in [2.45, 2.75) is 32.1 Å². The molecule has 0 bridgehead atoms. The van der Waals surface area contributed by atoms with Crippen LogP contribution in [0.1, 0.15) is 26.0 Å². The summed E-state index contributed by atoms with van der Waals surface area (Å²) in [6.45, 7) is 5.81. The van der Waals surface area contributed by atoms with Gasteiger partial charge in [0.15, 0.2) is 15.7 Å². The molecular formula is C17H20ClN3O2S. The highest BCUT2D eigenvalue weighted by molar-refractivity contribution is 7.91. The molecule has 3 rings (SSSR count). The molecule has 0 saturated carbocycles. The van der Waals surface area contributed by atoms with Gasteiger partial charge in [-0.2, -0.15) is 0 Å². The van der Waals surface area contributed by atoms with Crippen LogP contribution in [0.4, 0.5) is 0 Å². The van der Waals surface area contributed by atoms with E-state index < -0.39 is 9.84 Å². The van der Waals surface area contributed by atoms with Crippen LogP contribution in [0.3, 0.4) is 0 Å². The fraction of sp³-hybridized carbons (Fsp3) is 0.353. The number of halogens is 1. The molecule has 0 amide bonds. The number of H-pyrrole nitrogens is 2. The van der Waals surface area contributed by atoms with Crippen LogP contribution in [-0.2, 0) is 9.84 Å². The Labute approximate surface area is 146 Å². The van der Waals surface area contributed by atoms with Crippen molar-refractivity contribution in [2.75, 3.05) is 5.75 Å². The predicted octanol–water partition coefficient (Wildman–Crippen LogP) is 4.34. The fourth-order valence-electron chi connectivity index (χ4n) is 2.74. The molecule has 24 heavy (non-hydrogen) atoms. The summed E-state index contributed by atoms with van der Waals surface area (Å²) in [7, 11) is -3.49. The van der Waals surface area contributed by atoms with Gasteiger partial charge in [0.1, 0.15) is 10.6 Å². The molecule has 128 valence electrons. The Bertz CT molecular complexity index is 989. The van der Waals surface area contributed by atoms with Gasteiger partial charge in [-0.05, 0) is 31.0 Å². The number of imidazole rings is 1. The van der Waals surface area contributed by atoms with Gasteiger partial charge >= 0.3 is 0 Å². The average molecular weight is 366 g/mol. The predicted molar refractivity (Wildman–Crippen MR) is 97.1 cm³/mol. The number of hydrogen-bond donors (Lipinski definition) is 2. The number of aromatic amines is 2. The molecule has 2 heterocycles. The lowest BCUT2D eigenvalue weighted by molar-refractivity contribution is 0.565. The first kappa shape index (κ1) is 17.0. The number of nitrogens with one attached hydrogen (secondary N) is 2. The summed E-state index contributed by atoms with van der Waals surface area (Å²) in [5.41, 5.74) is 2.09. The molecule has 1 unspecified atom stereocenters. The topological polar surface area (TPSA) is 78.6 Å². The van der Waals surface area contributed by atoms with E-state index >= 15 is 0 Å². The molecule has 0 aliphatic carbocycles. The number of benzene rings is 1. The van der Waals surface area contributed by atoms with Gasteiger partial charge in [-0.15, -0.1) is 0 Å². The first-order valence-corrected chi connectivity index (χ1v) is 9.90. The molecule has 0 saturated heterocycles. The van der Waals surface area contributed by atoms with Crippen molar-refractivity contribution < 1.29 is 8.42 Å². The Kier molecular flexibility index (Phi) is 4.44. The maximum Gasteiger partial charge on any atom is 0.181 e. The number of aromatic nitrogens is 3. The van der Waals surface area contributed by atoms with E-state index in [4.69, 9.17) is 11.6 Å². The Balaban J connectivity index is 2.28. The maximum atomic E-state index is 13.1. The van der Waals surface area contributed by atoms with Crippen molar-refractivity contribution in [3.05, 3.63) is 35.1 Å². The van der Waals surface area contributed by atoms with E-state index in [-0.39, 0.29) is 16.6 Å². The molecule has 0 spiro atoms. The van der Waals surface area contributed by atoms with Gasteiger partial charge in [0.25, 0.3) is 0 Å². The van der Waals surface area contributed by atoms with Crippen LogP contribution in [0, 0.1) is 12.8 Å². The standard InChI is InChI=1S/C17H20ClN3O2S/c1-4-10(2)9-24(22,23)16-13-7-12(18)5-6-14(13)21-15(16)17-19-8-11(3)20-17/h5-8,10,21H,4,9H2,1-3H3,(H,19,20). The molecular weight excluding hydrogens is 346 g/mol. The summed E-state index contributed by atoms with van der Waals surface area (Å²) in [6.07, 6.45) is 2.48. The molecule has 3 aromatic rings. The second-order valence-electron chi connectivity index (χ2n) is 6.23. The zero-order valence-corrected chi connectivity index (χ0v) is 15.4. The summed E-state index contributed by atoms with van der Waals surface area (Å²) >= 11 is 6.10. The Hall–Kier alpha value is -1.79. The van der Waals surface area contributed by atoms with Gasteiger partial charge in [0.05, 0.1) is 5.75 Å². The number of aryl methyl sites for hydroxylation is 1. The third-order valence-electron chi connectivity index (χ3n) is 4.16. The lowest BCUT2D eigenvalue weighted by atomic mass is 10.2. The first-order valence-electron chi connectivity index (χ1n) is 7.87. The third kappa shape index (κ3) is 3.08. The van der Waals surface area contributed by atoms with E-state index in [2.05, 4.69) is 15.0 Å². The first-order chi connectivity index (χ1) is 11.3. The van der Waals surface area contributed by atoms with E-state index in [0.29, 0.717) is 21.9 Å². The number of sulfone groups is 1. The van der Waals surface area contributed by atoms with Crippen molar-refractivity contribution in [3.8, 4) is 11.5 Å². The summed E-state index contributed by atoms with van der Waals surface area (Å²) in [5, 5.41) is 1.11. The van der Waals surface area contributed by atoms with Crippen molar-refractivity contribution >= 4 is 32.3 Å². The van der Waals surface area contributed by atoms with Crippen LogP contribution >= 0.6 is 11.6 Å². The molecule has 0 aliphatic heterocycles. The van der Waals surface area contributed by atoms with Crippen molar-refractivity contribution in [1.82, 2.24) is 15.0 Å². The third-order valence-corrected chi connectivity index (χ3v) is 6.45. The van der Waals surface area contributed by atoms with Crippen LogP contribution in [-0.4, -0.2) is 29.1 Å². The molecule has 0 radical (unpaired) electrons. The Morgan fingerprint density at radius 1 is 1.29 bits per heavy atom. The molecule has 2 N–H and O–H groups in total. The van der Waals surface area contributed by atoms with Crippen molar-refractivity contribution in [3.63, 3.8) is 0 Å². The van der Waals surface area contributed by atoms with Crippen LogP contribution in [0.25, 0.3) is 22.4 Å². The summed E-state index contributed by atoms with van der Waals surface area (Å²) < 4.78 is 26.2. The fourth-order valence-corrected chi connectivity index (χ4v) is 5.03. The smallest absolute Gasteiger partial charge is 0.181 e.